The van der Waals surface area contributed by atoms with Crippen molar-refractivity contribution in [3.63, 3.8) is 0 Å². The number of aliphatic carboxylic acids is 1. The molecule has 2 atom stereocenters. The third-order valence-electron chi connectivity index (χ3n) is 5.00. The summed E-state index contributed by atoms with van der Waals surface area (Å²) in [4.78, 5) is 51.2. The molecule has 1 aromatic rings. The molecule has 9 heteroatoms. The molecule has 1 aliphatic rings. The molecular formula is C20H27N3O6. The van der Waals surface area contributed by atoms with Gasteiger partial charge in [-0.1, -0.05) is 30.3 Å². The predicted octanol–water partition coefficient (Wildman–Crippen LogP) is 1.86. The van der Waals surface area contributed by atoms with Gasteiger partial charge in [0.1, 0.15) is 6.04 Å². The second kappa shape index (κ2) is 9.40. The zero-order valence-corrected chi connectivity index (χ0v) is 16.9. The first-order valence-corrected chi connectivity index (χ1v) is 9.55. The average molecular weight is 405 g/mol. The van der Waals surface area contributed by atoms with E-state index in [-0.39, 0.29) is 19.7 Å². The lowest BCUT2D eigenvalue weighted by Gasteiger charge is -2.34. The SMILES string of the molecule is CCOC(=O)N(CCCc1ccccc1)[C@@H](C)C(=O)N1C(=O)NC[C@@]1(C)C(=O)O. The van der Waals surface area contributed by atoms with E-state index in [1.807, 2.05) is 30.3 Å². The molecule has 0 aromatic heterocycles. The third kappa shape index (κ3) is 4.85. The van der Waals surface area contributed by atoms with E-state index in [9.17, 15) is 24.3 Å². The number of imide groups is 1. The fraction of sp³-hybridized carbons (Fsp3) is 0.500. The summed E-state index contributed by atoms with van der Waals surface area (Å²) in [5, 5.41) is 11.9. The smallest absolute Gasteiger partial charge is 0.410 e. The van der Waals surface area contributed by atoms with Crippen molar-refractivity contribution in [2.75, 3.05) is 19.7 Å². The molecule has 1 saturated heterocycles. The minimum Gasteiger partial charge on any atom is -0.479 e. The number of nitrogens with zero attached hydrogens (tertiary/aromatic N) is 2. The van der Waals surface area contributed by atoms with Gasteiger partial charge >= 0.3 is 18.1 Å². The minimum atomic E-state index is -1.72. The maximum Gasteiger partial charge on any atom is 0.410 e. The van der Waals surface area contributed by atoms with Gasteiger partial charge in [0, 0.05) is 6.54 Å². The zero-order valence-electron chi connectivity index (χ0n) is 16.9. The number of nitrogens with one attached hydrogen (secondary N) is 1. The number of urea groups is 1. The molecule has 0 saturated carbocycles. The summed E-state index contributed by atoms with van der Waals surface area (Å²) >= 11 is 0. The topological polar surface area (TPSA) is 116 Å². The standard InChI is InChI=1S/C20H27N3O6/c1-4-29-19(28)22(12-8-11-15-9-6-5-7-10-15)14(2)16(24)23-18(27)21-13-20(23,3)17(25)26/h5-7,9-10,14H,4,8,11-13H2,1-3H3,(H,21,27)(H,25,26)/t14-,20-/m0/s1. The van der Waals surface area contributed by atoms with E-state index >= 15 is 0 Å². The Balaban J connectivity index is 2.16. The number of rotatable bonds is 8. The van der Waals surface area contributed by atoms with E-state index in [2.05, 4.69) is 5.32 Å². The van der Waals surface area contributed by atoms with Crippen molar-refractivity contribution >= 4 is 24.0 Å². The van der Waals surface area contributed by atoms with Crippen molar-refractivity contribution in [1.82, 2.24) is 15.1 Å². The summed E-state index contributed by atoms with van der Waals surface area (Å²) in [7, 11) is 0. The van der Waals surface area contributed by atoms with Crippen molar-refractivity contribution < 1.29 is 29.0 Å². The normalized spacial score (nSPS) is 19.4. The van der Waals surface area contributed by atoms with Gasteiger partial charge in [0.25, 0.3) is 5.91 Å². The summed E-state index contributed by atoms with van der Waals surface area (Å²) < 4.78 is 5.07. The summed E-state index contributed by atoms with van der Waals surface area (Å²) in [6, 6.07) is 7.83. The molecule has 2 rings (SSSR count). The van der Waals surface area contributed by atoms with Gasteiger partial charge in [0.05, 0.1) is 13.2 Å². The average Bonchev–Trinajstić information content (AvgIpc) is 3.01. The number of carboxylic acids is 1. The molecule has 0 unspecified atom stereocenters. The molecule has 0 spiro atoms. The van der Waals surface area contributed by atoms with E-state index in [0.29, 0.717) is 17.7 Å². The Kier molecular flexibility index (Phi) is 7.19. The molecule has 9 nitrogen and oxygen atoms in total. The van der Waals surface area contributed by atoms with Crippen LogP contribution in [0.3, 0.4) is 0 Å². The summed E-state index contributed by atoms with van der Waals surface area (Å²) in [6.45, 7) is 4.57. The highest BCUT2D eigenvalue weighted by molar-refractivity contribution is 6.05. The molecule has 0 radical (unpaired) electrons. The van der Waals surface area contributed by atoms with Gasteiger partial charge in [-0.2, -0.15) is 0 Å². The highest BCUT2D eigenvalue weighted by Gasteiger charge is 2.52. The Morgan fingerprint density at radius 1 is 1.31 bits per heavy atom. The molecule has 1 aliphatic heterocycles. The third-order valence-corrected chi connectivity index (χ3v) is 5.00. The maximum atomic E-state index is 13.0. The lowest BCUT2D eigenvalue weighted by Crippen LogP contribution is -2.59. The van der Waals surface area contributed by atoms with Gasteiger partial charge < -0.3 is 15.2 Å². The molecule has 0 aliphatic carbocycles. The predicted molar refractivity (Wildman–Crippen MR) is 104 cm³/mol. The number of benzene rings is 1. The zero-order chi connectivity index (χ0) is 21.6. The fourth-order valence-electron chi connectivity index (χ4n) is 3.21. The van der Waals surface area contributed by atoms with E-state index in [4.69, 9.17) is 4.74 Å². The van der Waals surface area contributed by atoms with Gasteiger partial charge in [-0.3, -0.25) is 9.69 Å². The molecule has 4 amide bonds. The Hall–Kier alpha value is -3.10. The number of hydrogen-bond acceptors (Lipinski definition) is 5. The van der Waals surface area contributed by atoms with Crippen LogP contribution in [-0.4, -0.2) is 70.2 Å². The number of hydrogen-bond donors (Lipinski definition) is 2. The van der Waals surface area contributed by atoms with E-state index in [1.54, 1.807) is 6.92 Å². The summed E-state index contributed by atoms with van der Waals surface area (Å²) in [5.41, 5.74) is -0.625. The molecule has 29 heavy (non-hydrogen) atoms. The Morgan fingerprint density at radius 2 is 1.97 bits per heavy atom. The van der Waals surface area contributed by atoms with Gasteiger partial charge in [-0.15, -0.1) is 0 Å². The number of ether oxygens (including phenoxy) is 1. The number of carbonyl (C=O) groups is 4. The molecular weight excluding hydrogens is 378 g/mol. The first kappa shape index (κ1) is 22.2. The monoisotopic (exact) mass is 405 g/mol. The van der Waals surface area contributed by atoms with Crippen molar-refractivity contribution in [2.24, 2.45) is 0 Å². The highest BCUT2D eigenvalue weighted by atomic mass is 16.6. The first-order valence-electron chi connectivity index (χ1n) is 9.55. The van der Waals surface area contributed by atoms with E-state index < -0.39 is 35.6 Å². The van der Waals surface area contributed by atoms with Crippen molar-refractivity contribution in [3.8, 4) is 0 Å². The van der Waals surface area contributed by atoms with Crippen LogP contribution in [0.2, 0.25) is 0 Å². The Morgan fingerprint density at radius 3 is 2.55 bits per heavy atom. The van der Waals surface area contributed by atoms with Crippen LogP contribution in [0.15, 0.2) is 30.3 Å². The molecule has 0 bridgehead atoms. The summed E-state index contributed by atoms with van der Waals surface area (Å²) in [6.07, 6.45) is 0.579. The molecule has 2 N–H and O–H groups in total. The largest absolute Gasteiger partial charge is 0.479 e. The minimum absolute atomic E-state index is 0.131. The molecule has 1 heterocycles. The first-order chi connectivity index (χ1) is 13.7. The van der Waals surface area contributed by atoms with Gasteiger partial charge in [0.15, 0.2) is 5.54 Å². The van der Waals surface area contributed by atoms with Gasteiger partial charge in [-0.05, 0) is 39.2 Å². The van der Waals surface area contributed by atoms with Crippen LogP contribution in [0.5, 0.6) is 0 Å². The van der Waals surface area contributed by atoms with Crippen LogP contribution < -0.4 is 5.32 Å². The van der Waals surface area contributed by atoms with Crippen LogP contribution >= 0.6 is 0 Å². The molecule has 1 aromatic carbocycles. The number of aryl methyl sites for hydroxylation is 1. The fourth-order valence-corrected chi connectivity index (χ4v) is 3.21. The summed E-state index contributed by atoms with van der Waals surface area (Å²) in [5.74, 6) is -2.07. The second-order valence-corrected chi connectivity index (χ2v) is 7.07. The van der Waals surface area contributed by atoms with Crippen LogP contribution in [0.25, 0.3) is 0 Å². The Labute approximate surface area is 169 Å². The van der Waals surface area contributed by atoms with Crippen LogP contribution in [0, 0.1) is 0 Å². The number of carboxylic acid groups (broad SMARTS) is 1. The highest BCUT2D eigenvalue weighted by Crippen LogP contribution is 2.23. The van der Waals surface area contributed by atoms with Crippen molar-refractivity contribution in [1.29, 1.82) is 0 Å². The lowest BCUT2D eigenvalue weighted by atomic mass is 10.0. The molecule has 1 fully saturated rings. The van der Waals surface area contributed by atoms with Crippen LogP contribution in [-0.2, 0) is 20.7 Å². The number of amides is 4. The second-order valence-electron chi connectivity index (χ2n) is 7.07. The van der Waals surface area contributed by atoms with E-state index in [1.165, 1.54) is 18.7 Å². The van der Waals surface area contributed by atoms with Gasteiger partial charge in [0.2, 0.25) is 0 Å². The van der Waals surface area contributed by atoms with Crippen LogP contribution in [0.1, 0.15) is 32.8 Å². The van der Waals surface area contributed by atoms with Crippen molar-refractivity contribution in [2.45, 2.75) is 45.2 Å². The molecule has 158 valence electrons. The van der Waals surface area contributed by atoms with Crippen LogP contribution in [0.4, 0.5) is 9.59 Å². The maximum absolute atomic E-state index is 13.0. The number of carbonyl (C=O) groups excluding carboxylic acids is 3. The quantitative estimate of drug-likeness (QED) is 0.682. The lowest BCUT2D eigenvalue weighted by molar-refractivity contribution is -0.153. The van der Waals surface area contributed by atoms with Crippen molar-refractivity contribution in [3.05, 3.63) is 35.9 Å². The van der Waals surface area contributed by atoms with Gasteiger partial charge in [-0.25, -0.2) is 19.3 Å². The van der Waals surface area contributed by atoms with E-state index in [0.717, 1.165) is 5.56 Å². The Bertz CT molecular complexity index is 769.